The Morgan fingerprint density at radius 3 is 2.31 bits per heavy atom. The first-order valence-corrected chi connectivity index (χ1v) is 20.7. The first kappa shape index (κ1) is 40.5. The van der Waals surface area contributed by atoms with Gasteiger partial charge in [0.15, 0.2) is 0 Å². The quantitative estimate of drug-likeness (QED) is 0.0923. The van der Waals surface area contributed by atoms with Crippen LogP contribution in [0.15, 0.2) is 138 Å². The number of nitrogens with zero attached hydrogens (tertiary/aromatic N) is 2. The summed E-state index contributed by atoms with van der Waals surface area (Å²) in [6, 6.07) is 41.0. The highest BCUT2D eigenvalue weighted by molar-refractivity contribution is 8.00. The highest BCUT2D eigenvalue weighted by atomic mass is 32.2. The van der Waals surface area contributed by atoms with E-state index in [2.05, 4.69) is 22.0 Å². The minimum Gasteiger partial charge on any atom is -0.444 e. The molecule has 59 heavy (non-hydrogen) atoms. The number of nitriles is 1. The molecule has 7 rings (SSSR count). The molecule has 0 bridgehead atoms. The van der Waals surface area contributed by atoms with Crippen molar-refractivity contribution in [2.24, 2.45) is 0 Å². The second-order valence-corrected chi connectivity index (χ2v) is 17.1. The summed E-state index contributed by atoms with van der Waals surface area (Å²) in [5.74, 6) is -1.30. The fraction of sp³-hybridized carbons (Fsp3) is 0.170. The number of ether oxygens (including phenoxy) is 1. The predicted octanol–water partition coefficient (Wildman–Crippen LogP) is 9.95. The Balaban J connectivity index is 1.12. The third kappa shape index (κ3) is 9.90. The van der Waals surface area contributed by atoms with Gasteiger partial charge in [0, 0.05) is 27.6 Å². The monoisotopic (exact) mass is 819 g/mol. The van der Waals surface area contributed by atoms with Gasteiger partial charge in [-0.2, -0.15) is 5.26 Å². The van der Waals surface area contributed by atoms with E-state index in [1.54, 1.807) is 53.4 Å². The van der Waals surface area contributed by atoms with Crippen molar-refractivity contribution < 1.29 is 23.9 Å². The van der Waals surface area contributed by atoms with Gasteiger partial charge in [-0.25, -0.2) is 4.79 Å². The van der Waals surface area contributed by atoms with Crippen molar-refractivity contribution in [3.63, 3.8) is 0 Å². The molecule has 12 heteroatoms. The number of nitrogens with one attached hydrogen (secondary N) is 3. The molecule has 4 amide bonds. The molecule has 3 N–H and O–H groups in total. The molecule has 1 unspecified atom stereocenters. The molecule has 10 nitrogen and oxygen atoms in total. The van der Waals surface area contributed by atoms with Crippen molar-refractivity contribution in [2.45, 2.75) is 49.5 Å². The zero-order valence-electron chi connectivity index (χ0n) is 32.7. The van der Waals surface area contributed by atoms with Gasteiger partial charge in [-0.3, -0.25) is 14.4 Å². The SMILES string of the molecule is CC(C)(C)OC(=O)N1CCc2c(sc(NC(=O)C(Sc3cccc(NC(=O)/C(=C\c4cccc5ccccc45)NC(=O)c4ccccc4)c3)c3ccccc3)c2C#N)C1. The van der Waals surface area contributed by atoms with Gasteiger partial charge in [-0.05, 0) is 91.1 Å². The Morgan fingerprint density at radius 2 is 1.56 bits per heavy atom. The number of amides is 4. The molecule has 296 valence electrons. The number of hydrogen-bond acceptors (Lipinski definition) is 8. The van der Waals surface area contributed by atoms with Crippen molar-refractivity contribution in [1.82, 2.24) is 10.2 Å². The molecule has 1 aliphatic heterocycles. The zero-order chi connectivity index (χ0) is 41.5. The Hall–Kier alpha value is -6.68. The van der Waals surface area contributed by atoms with Gasteiger partial charge < -0.3 is 25.6 Å². The Labute approximate surface area is 350 Å². The van der Waals surface area contributed by atoms with Gasteiger partial charge >= 0.3 is 6.09 Å². The second kappa shape index (κ2) is 17.9. The topological polar surface area (TPSA) is 141 Å². The maximum Gasteiger partial charge on any atom is 0.410 e. The van der Waals surface area contributed by atoms with Gasteiger partial charge in [-0.15, -0.1) is 23.1 Å². The van der Waals surface area contributed by atoms with Gasteiger partial charge in [0.25, 0.3) is 11.8 Å². The van der Waals surface area contributed by atoms with Crippen molar-refractivity contribution in [1.29, 1.82) is 5.26 Å². The van der Waals surface area contributed by atoms with Gasteiger partial charge in [0.05, 0.1) is 12.1 Å². The van der Waals surface area contributed by atoms with Crippen molar-refractivity contribution in [3.8, 4) is 6.07 Å². The first-order chi connectivity index (χ1) is 28.5. The van der Waals surface area contributed by atoms with Crippen LogP contribution < -0.4 is 16.0 Å². The molecule has 1 atom stereocenters. The summed E-state index contributed by atoms with van der Waals surface area (Å²) >= 11 is 2.59. The summed E-state index contributed by atoms with van der Waals surface area (Å²) in [5, 5.41) is 20.6. The lowest BCUT2D eigenvalue weighted by Gasteiger charge is -2.29. The summed E-state index contributed by atoms with van der Waals surface area (Å²) in [6.07, 6.45) is 1.71. The van der Waals surface area contributed by atoms with Crippen LogP contribution in [0, 0.1) is 11.3 Å². The number of anilines is 2. The van der Waals surface area contributed by atoms with Crippen LogP contribution >= 0.6 is 23.1 Å². The van der Waals surface area contributed by atoms with Crippen LogP contribution in [0.25, 0.3) is 16.8 Å². The summed E-state index contributed by atoms with van der Waals surface area (Å²) in [6.45, 7) is 6.13. The van der Waals surface area contributed by atoms with Crippen molar-refractivity contribution >= 4 is 74.5 Å². The molecular formula is C47H41N5O5S2. The molecular weight excluding hydrogens is 779 g/mol. The molecule has 0 spiro atoms. The van der Waals surface area contributed by atoms with Crippen LogP contribution in [0.4, 0.5) is 15.5 Å². The lowest BCUT2D eigenvalue weighted by molar-refractivity contribution is -0.116. The van der Waals surface area contributed by atoms with Crippen molar-refractivity contribution in [3.05, 3.63) is 166 Å². The van der Waals surface area contributed by atoms with Crippen LogP contribution in [0.5, 0.6) is 0 Å². The smallest absolute Gasteiger partial charge is 0.410 e. The third-order valence-corrected chi connectivity index (χ3v) is 11.8. The molecule has 6 aromatic rings. The zero-order valence-corrected chi connectivity index (χ0v) is 34.3. The predicted molar refractivity (Wildman–Crippen MR) is 234 cm³/mol. The molecule has 0 aliphatic carbocycles. The highest BCUT2D eigenvalue weighted by Gasteiger charge is 2.31. The molecule has 1 aromatic heterocycles. The van der Waals surface area contributed by atoms with Gasteiger partial charge in [-0.1, -0.05) is 97.1 Å². The van der Waals surface area contributed by atoms with E-state index in [-0.39, 0.29) is 18.1 Å². The van der Waals surface area contributed by atoms with E-state index in [1.807, 2.05) is 106 Å². The Bertz CT molecular complexity index is 2610. The van der Waals surface area contributed by atoms with E-state index in [4.69, 9.17) is 4.74 Å². The summed E-state index contributed by atoms with van der Waals surface area (Å²) in [5.41, 5.74) is 2.99. The maximum atomic E-state index is 14.2. The number of carbonyl (C=O) groups excluding carboxylic acids is 4. The average molecular weight is 820 g/mol. The third-order valence-electron chi connectivity index (χ3n) is 9.40. The van der Waals surface area contributed by atoms with Crippen LogP contribution in [0.1, 0.15) is 63.5 Å². The summed E-state index contributed by atoms with van der Waals surface area (Å²) < 4.78 is 5.58. The molecule has 2 heterocycles. The van der Waals surface area contributed by atoms with E-state index in [0.717, 1.165) is 32.3 Å². The van der Waals surface area contributed by atoms with E-state index >= 15 is 0 Å². The molecule has 0 fully saturated rings. The van der Waals surface area contributed by atoms with Crippen LogP contribution in [-0.4, -0.2) is 40.9 Å². The van der Waals surface area contributed by atoms with Crippen LogP contribution in [0.3, 0.4) is 0 Å². The standard InChI is InChI=1S/C47H41N5O5S2/c1-47(2,3)57-46(56)52-25-24-37-38(28-48)45(59-40(37)29-52)51-44(55)41(31-15-6-4-7-16-31)58-35-22-13-21-34(27-35)49-43(54)39(50-42(53)32-17-8-5-9-18-32)26-33-20-12-19-30-14-10-11-23-36(30)33/h4-23,26-27,41H,24-25,29H2,1-3H3,(H,49,54)(H,50,53)(H,51,55)/b39-26+. The van der Waals surface area contributed by atoms with E-state index in [1.165, 1.54) is 23.1 Å². The molecule has 0 saturated heterocycles. The highest BCUT2D eigenvalue weighted by Crippen LogP contribution is 2.41. The number of rotatable bonds is 10. The molecule has 5 aromatic carbocycles. The summed E-state index contributed by atoms with van der Waals surface area (Å²) in [7, 11) is 0. The van der Waals surface area contributed by atoms with E-state index < -0.39 is 28.8 Å². The van der Waals surface area contributed by atoms with Gasteiger partial charge in [0.2, 0.25) is 5.91 Å². The minimum absolute atomic E-state index is 0.0518. The van der Waals surface area contributed by atoms with Crippen LogP contribution in [-0.2, 0) is 27.3 Å². The van der Waals surface area contributed by atoms with E-state index in [9.17, 15) is 24.4 Å². The first-order valence-electron chi connectivity index (χ1n) is 19.0. The lowest BCUT2D eigenvalue weighted by Crippen LogP contribution is -2.39. The fourth-order valence-electron chi connectivity index (χ4n) is 6.63. The maximum absolute atomic E-state index is 14.2. The Morgan fingerprint density at radius 1 is 0.864 bits per heavy atom. The van der Waals surface area contributed by atoms with Gasteiger partial charge in [0.1, 0.15) is 27.6 Å². The van der Waals surface area contributed by atoms with Crippen LogP contribution in [0.2, 0.25) is 0 Å². The fourth-order valence-corrected chi connectivity index (χ4v) is 8.93. The number of thioether (sulfide) groups is 1. The second-order valence-electron chi connectivity index (χ2n) is 14.8. The molecule has 0 saturated carbocycles. The normalized spacial score (nSPS) is 13.1. The molecule has 1 aliphatic rings. The lowest BCUT2D eigenvalue weighted by atomic mass is 10.0. The number of thiophene rings is 1. The largest absolute Gasteiger partial charge is 0.444 e. The number of hydrogen-bond donors (Lipinski definition) is 3. The van der Waals surface area contributed by atoms with E-state index in [0.29, 0.717) is 39.7 Å². The van der Waals surface area contributed by atoms with Crippen molar-refractivity contribution in [2.75, 3.05) is 17.2 Å². The molecule has 0 radical (unpaired) electrons. The number of benzene rings is 5. The number of carbonyl (C=O) groups is 4. The minimum atomic E-state index is -0.738. The Kier molecular flexibility index (Phi) is 12.3. The number of fused-ring (bicyclic) bond motifs is 2. The summed E-state index contributed by atoms with van der Waals surface area (Å²) in [4.78, 5) is 57.6. The average Bonchev–Trinajstić information content (AvgIpc) is 3.58.